The standard InChI is InChI=1S/C15H16N.C5H9NO2.Pd/c1-16(2)15(13-9-5-3-6-10-13)14-11-7-4-8-12-14;7-5(8)4-2-1-3-6-4;/h3-11,15H,1-2H3;4,6H,1-3H2,(H,7,8);/q-1;;. The Morgan fingerprint density at radius 2 is 1.88 bits per heavy atom. The molecule has 4 nitrogen and oxygen atoms in total. The molecule has 3 rings (SSSR count). The fraction of sp³-hybridized carbons (Fsp3) is 0.350. The Balaban J connectivity index is 0.000000295. The number of nitrogens with one attached hydrogen (secondary N) is 1. The normalized spacial score (nSPS) is 17.2. The van der Waals surface area contributed by atoms with E-state index in [0.717, 1.165) is 19.4 Å². The van der Waals surface area contributed by atoms with E-state index in [1.807, 2.05) is 18.2 Å². The molecule has 1 heterocycles. The van der Waals surface area contributed by atoms with Gasteiger partial charge in [0, 0.05) is 26.5 Å². The van der Waals surface area contributed by atoms with Crippen LogP contribution < -0.4 is 5.32 Å². The van der Waals surface area contributed by atoms with Gasteiger partial charge >= 0.3 is 5.97 Å². The molecule has 1 saturated heterocycles. The number of benzene rings is 2. The molecule has 2 unspecified atom stereocenters. The number of hydrogen-bond acceptors (Lipinski definition) is 3. The second-order valence-electron chi connectivity index (χ2n) is 6.08. The molecule has 5 heteroatoms. The molecule has 0 spiro atoms. The van der Waals surface area contributed by atoms with Crippen LogP contribution in [0.2, 0.25) is 0 Å². The third-order valence-corrected chi connectivity index (χ3v) is 4.02. The summed E-state index contributed by atoms with van der Waals surface area (Å²) >= 11 is 0. The van der Waals surface area contributed by atoms with Gasteiger partial charge in [0.05, 0.1) is 0 Å². The van der Waals surface area contributed by atoms with Crippen molar-refractivity contribution in [2.45, 2.75) is 24.9 Å². The Morgan fingerprint density at radius 1 is 1.20 bits per heavy atom. The van der Waals surface area contributed by atoms with E-state index < -0.39 is 5.97 Å². The van der Waals surface area contributed by atoms with Crippen LogP contribution in [0.3, 0.4) is 0 Å². The zero-order valence-electron chi connectivity index (χ0n) is 14.6. The van der Waals surface area contributed by atoms with Crippen molar-refractivity contribution in [2.75, 3.05) is 20.6 Å². The summed E-state index contributed by atoms with van der Waals surface area (Å²) in [6.07, 6.45) is 1.78. The molecule has 0 aliphatic carbocycles. The molecule has 0 bridgehead atoms. The van der Waals surface area contributed by atoms with Crippen molar-refractivity contribution in [1.82, 2.24) is 10.2 Å². The number of aliphatic carboxylic acids is 1. The number of carboxylic acid groups (broad SMARTS) is 1. The molecule has 0 amide bonds. The van der Waals surface area contributed by atoms with Crippen LogP contribution in [-0.2, 0) is 25.2 Å². The SMILES string of the molecule is CN(C)C(c1[c-]cccc1)c1ccccc1.O=C(O)C1CCCN1.[Pd]. The summed E-state index contributed by atoms with van der Waals surface area (Å²) in [4.78, 5) is 12.3. The van der Waals surface area contributed by atoms with Gasteiger partial charge < -0.3 is 15.3 Å². The van der Waals surface area contributed by atoms with Gasteiger partial charge in [0.15, 0.2) is 0 Å². The van der Waals surface area contributed by atoms with E-state index in [1.165, 1.54) is 11.1 Å². The molecule has 1 aliphatic heterocycles. The number of carbonyl (C=O) groups is 1. The molecule has 2 aromatic carbocycles. The van der Waals surface area contributed by atoms with E-state index in [0.29, 0.717) is 0 Å². The third-order valence-electron chi connectivity index (χ3n) is 4.02. The van der Waals surface area contributed by atoms with Crippen LogP contribution in [0.1, 0.15) is 30.0 Å². The summed E-state index contributed by atoms with van der Waals surface area (Å²) in [6, 6.07) is 22.0. The van der Waals surface area contributed by atoms with Gasteiger partial charge in [-0.05, 0) is 39.0 Å². The zero-order chi connectivity index (χ0) is 17.4. The summed E-state index contributed by atoms with van der Waals surface area (Å²) in [5, 5.41) is 11.2. The molecule has 1 aliphatic rings. The van der Waals surface area contributed by atoms with Gasteiger partial charge in [0.2, 0.25) is 0 Å². The maximum absolute atomic E-state index is 10.1. The summed E-state index contributed by atoms with van der Waals surface area (Å²) in [7, 11) is 4.19. The Morgan fingerprint density at radius 3 is 2.32 bits per heavy atom. The first kappa shape index (κ1) is 21.5. The van der Waals surface area contributed by atoms with E-state index >= 15 is 0 Å². The van der Waals surface area contributed by atoms with Crippen LogP contribution in [0, 0.1) is 6.07 Å². The minimum absolute atomic E-state index is 0. The largest absolute Gasteiger partial charge is 0.480 e. The number of nitrogens with zero attached hydrogens (tertiary/aromatic N) is 1. The molecule has 25 heavy (non-hydrogen) atoms. The smallest absolute Gasteiger partial charge is 0.320 e. The van der Waals surface area contributed by atoms with Crippen molar-refractivity contribution < 1.29 is 30.3 Å². The van der Waals surface area contributed by atoms with Gasteiger partial charge in [0.1, 0.15) is 6.04 Å². The van der Waals surface area contributed by atoms with Crippen molar-refractivity contribution in [3.05, 3.63) is 71.8 Å². The van der Waals surface area contributed by atoms with Crippen molar-refractivity contribution >= 4 is 5.97 Å². The first-order chi connectivity index (χ1) is 11.6. The molecular weight excluding hydrogens is 407 g/mol. The fourth-order valence-electron chi connectivity index (χ4n) is 2.86. The Hall–Kier alpha value is -1.51. The monoisotopic (exact) mass is 431 g/mol. The van der Waals surface area contributed by atoms with Crippen molar-refractivity contribution in [3.63, 3.8) is 0 Å². The van der Waals surface area contributed by atoms with Crippen LogP contribution in [0.25, 0.3) is 0 Å². The Kier molecular flexibility index (Phi) is 9.63. The van der Waals surface area contributed by atoms with E-state index in [2.05, 4.69) is 66.8 Å². The van der Waals surface area contributed by atoms with E-state index in [9.17, 15) is 4.79 Å². The Labute approximate surface area is 163 Å². The second kappa shape index (κ2) is 11.2. The molecule has 2 aromatic rings. The predicted molar refractivity (Wildman–Crippen MR) is 95.9 cm³/mol. The number of carboxylic acids is 1. The molecular formula is C20H25N2O2Pd-. The van der Waals surface area contributed by atoms with Gasteiger partial charge in [-0.15, -0.1) is 5.56 Å². The first-order valence-electron chi connectivity index (χ1n) is 8.23. The van der Waals surface area contributed by atoms with Gasteiger partial charge in [-0.25, -0.2) is 0 Å². The second-order valence-corrected chi connectivity index (χ2v) is 6.08. The summed E-state index contributed by atoms with van der Waals surface area (Å²) in [5.41, 5.74) is 2.51. The van der Waals surface area contributed by atoms with E-state index in [1.54, 1.807) is 0 Å². The van der Waals surface area contributed by atoms with Gasteiger partial charge in [0.25, 0.3) is 0 Å². The van der Waals surface area contributed by atoms with Crippen molar-refractivity contribution in [2.24, 2.45) is 0 Å². The minimum Gasteiger partial charge on any atom is -0.480 e. The Bertz CT molecular complexity index is 575. The van der Waals surface area contributed by atoms with Crippen LogP contribution in [0.15, 0.2) is 54.6 Å². The third kappa shape index (κ3) is 6.72. The maximum Gasteiger partial charge on any atom is 0.320 e. The summed E-state index contributed by atoms with van der Waals surface area (Å²) in [6.45, 7) is 0.858. The molecule has 1 fully saturated rings. The molecule has 138 valence electrons. The molecule has 2 N–H and O–H groups in total. The number of rotatable bonds is 4. The average molecular weight is 432 g/mol. The predicted octanol–water partition coefficient (Wildman–Crippen LogP) is 2.96. The molecule has 0 radical (unpaired) electrons. The van der Waals surface area contributed by atoms with E-state index in [4.69, 9.17) is 5.11 Å². The number of hydrogen-bond donors (Lipinski definition) is 2. The van der Waals surface area contributed by atoms with Crippen LogP contribution >= 0.6 is 0 Å². The van der Waals surface area contributed by atoms with E-state index in [-0.39, 0.29) is 32.5 Å². The topological polar surface area (TPSA) is 52.6 Å². The maximum atomic E-state index is 10.1. The van der Waals surface area contributed by atoms with Gasteiger partial charge in [-0.3, -0.25) is 4.79 Å². The molecule has 0 aromatic heterocycles. The van der Waals surface area contributed by atoms with Gasteiger partial charge in [-0.1, -0.05) is 30.3 Å². The average Bonchev–Trinajstić information content (AvgIpc) is 3.12. The van der Waals surface area contributed by atoms with Gasteiger partial charge in [-0.2, -0.15) is 30.3 Å². The van der Waals surface area contributed by atoms with Crippen LogP contribution in [0.5, 0.6) is 0 Å². The fourth-order valence-corrected chi connectivity index (χ4v) is 2.86. The molecule has 0 saturated carbocycles. The molecule has 2 atom stereocenters. The van der Waals surface area contributed by atoms with Crippen molar-refractivity contribution in [3.8, 4) is 0 Å². The minimum atomic E-state index is -0.720. The zero-order valence-corrected chi connectivity index (χ0v) is 16.1. The van der Waals surface area contributed by atoms with Crippen molar-refractivity contribution in [1.29, 1.82) is 0 Å². The van der Waals surface area contributed by atoms with Crippen LogP contribution in [-0.4, -0.2) is 42.7 Å². The summed E-state index contributed by atoms with van der Waals surface area (Å²) < 4.78 is 0. The first-order valence-corrected chi connectivity index (χ1v) is 8.23. The van der Waals surface area contributed by atoms with Crippen LogP contribution in [0.4, 0.5) is 0 Å². The summed E-state index contributed by atoms with van der Waals surface area (Å²) in [5.74, 6) is -0.720. The quantitative estimate of drug-likeness (QED) is 0.577.